The highest BCUT2D eigenvalue weighted by Crippen LogP contribution is 2.25. The third-order valence-corrected chi connectivity index (χ3v) is 6.87. The van der Waals surface area contributed by atoms with Crippen molar-refractivity contribution in [3.63, 3.8) is 0 Å². The maximum absolute atomic E-state index is 12.6. The Bertz CT molecular complexity index is 1170. The fourth-order valence-electron chi connectivity index (χ4n) is 4.81. The number of benzene rings is 2. The number of esters is 1. The number of amides is 2. The van der Waals surface area contributed by atoms with Crippen molar-refractivity contribution in [2.45, 2.75) is 44.6 Å². The van der Waals surface area contributed by atoms with Crippen LogP contribution in [0.15, 0.2) is 79.1 Å². The van der Waals surface area contributed by atoms with Crippen LogP contribution < -0.4 is 10.1 Å². The second-order valence-corrected chi connectivity index (χ2v) is 9.26. The minimum absolute atomic E-state index is 0.0517. The molecule has 0 saturated heterocycles. The van der Waals surface area contributed by atoms with Gasteiger partial charge in [-0.25, -0.2) is 9.59 Å². The summed E-state index contributed by atoms with van der Waals surface area (Å²) in [4.78, 5) is 27.0. The van der Waals surface area contributed by atoms with E-state index < -0.39 is 0 Å². The van der Waals surface area contributed by atoms with Crippen molar-refractivity contribution in [3.05, 3.63) is 90.3 Å². The highest BCUT2D eigenvalue weighted by atomic mass is 16.5. The molecule has 0 unspecified atom stereocenters. The number of aromatic nitrogens is 1. The molecule has 35 heavy (non-hydrogen) atoms. The van der Waals surface area contributed by atoms with Crippen molar-refractivity contribution < 1.29 is 14.3 Å². The third-order valence-electron chi connectivity index (χ3n) is 6.87. The maximum Gasteiger partial charge on any atom is 0.343 e. The van der Waals surface area contributed by atoms with Gasteiger partial charge in [-0.1, -0.05) is 37.5 Å². The van der Waals surface area contributed by atoms with Crippen LogP contribution in [-0.4, -0.2) is 40.6 Å². The number of hydrogen-bond acceptors (Lipinski definition) is 3. The quantitative estimate of drug-likeness (QED) is 0.378. The van der Waals surface area contributed by atoms with Gasteiger partial charge in [0.05, 0.1) is 5.56 Å². The number of nitrogens with one attached hydrogen (secondary N) is 1. The van der Waals surface area contributed by atoms with Crippen LogP contribution in [0.1, 0.15) is 54.4 Å². The van der Waals surface area contributed by atoms with Crippen LogP contribution in [-0.2, 0) is 0 Å². The highest BCUT2D eigenvalue weighted by Gasteiger charge is 2.22. The highest BCUT2D eigenvalue weighted by molar-refractivity contribution is 5.91. The van der Waals surface area contributed by atoms with Gasteiger partial charge in [0.1, 0.15) is 5.75 Å². The van der Waals surface area contributed by atoms with Gasteiger partial charge in [0.15, 0.2) is 0 Å². The Morgan fingerprint density at radius 1 is 0.886 bits per heavy atom. The van der Waals surface area contributed by atoms with E-state index in [4.69, 9.17) is 4.74 Å². The summed E-state index contributed by atoms with van der Waals surface area (Å²) in [7, 11) is 0. The summed E-state index contributed by atoms with van der Waals surface area (Å²) in [6.45, 7) is 1.32. The molecule has 2 amide bonds. The van der Waals surface area contributed by atoms with Gasteiger partial charge in [-0.3, -0.25) is 0 Å². The van der Waals surface area contributed by atoms with Gasteiger partial charge in [-0.05, 0) is 78.9 Å². The number of ether oxygens (including phenoxy) is 1. The largest absolute Gasteiger partial charge is 0.423 e. The first-order valence-electron chi connectivity index (χ1n) is 12.5. The van der Waals surface area contributed by atoms with E-state index in [0.717, 1.165) is 30.5 Å². The predicted molar refractivity (Wildman–Crippen MR) is 137 cm³/mol. The Kier molecular flexibility index (Phi) is 6.98. The van der Waals surface area contributed by atoms with Gasteiger partial charge in [0, 0.05) is 37.2 Å². The van der Waals surface area contributed by atoms with E-state index in [1.807, 2.05) is 70.4 Å². The van der Waals surface area contributed by atoms with Crippen molar-refractivity contribution in [3.8, 4) is 11.4 Å². The number of nitrogens with zero attached hydrogens (tertiary/aromatic N) is 2. The lowest BCUT2D eigenvalue weighted by molar-refractivity contribution is 0.0734. The molecule has 3 aromatic rings. The molecule has 5 rings (SSSR count). The van der Waals surface area contributed by atoms with E-state index in [9.17, 15) is 9.59 Å². The lowest BCUT2D eigenvalue weighted by Crippen LogP contribution is -2.46. The molecular weight excluding hydrogens is 438 g/mol. The summed E-state index contributed by atoms with van der Waals surface area (Å²) in [5, 5.41) is 3.20. The average Bonchev–Trinajstić information content (AvgIpc) is 3.45. The number of carbonyl (C=O) groups is 2. The first-order valence-corrected chi connectivity index (χ1v) is 12.5. The molecule has 180 valence electrons. The van der Waals surface area contributed by atoms with E-state index in [1.165, 1.54) is 24.8 Å². The molecule has 0 radical (unpaired) electrons. The zero-order valence-corrected chi connectivity index (χ0v) is 19.9. The van der Waals surface area contributed by atoms with Crippen LogP contribution in [0.4, 0.5) is 4.79 Å². The number of carbonyl (C=O) groups excluding carboxylic acids is 2. The molecule has 1 saturated carbocycles. The van der Waals surface area contributed by atoms with Crippen LogP contribution in [0.5, 0.6) is 5.75 Å². The zero-order chi connectivity index (χ0) is 24.0. The van der Waals surface area contributed by atoms with E-state index in [1.54, 1.807) is 12.1 Å². The second-order valence-electron chi connectivity index (χ2n) is 9.26. The van der Waals surface area contributed by atoms with Crippen molar-refractivity contribution in [1.82, 2.24) is 14.8 Å². The van der Waals surface area contributed by atoms with Crippen molar-refractivity contribution in [2.75, 3.05) is 13.1 Å². The minimum Gasteiger partial charge on any atom is -0.423 e. The molecule has 0 spiro atoms. The summed E-state index contributed by atoms with van der Waals surface area (Å²) < 4.78 is 7.55. The van der Waals surface area contributed by atoms with Crippen LogP contribution in [0, 0.1) is 0 Å². The fourth-order valence-corrected chi connectivity index (χ4v) is 4.81. The van der Waals surface area contributed by atoms with E-state index >= 15 is 0 Å². The maximum atomic E-state index is 12.6. The lowest BCUT2D eigenvalue weighted by atomic mass is 9.95. The van der Waals surface area contributed by atoms with Gasteiger partial charge in [-0.2, -0.15) is 0 Å². The van der Waals surface area contributed by atoms with Crippen LogP contribution in [0.25, 0.3) is 11.3 Å². The molecule has 0 bridgehead atoms. The smallest absolute Gasteiger partial charge is 0.343 e. The lowest BCUT2D eigenvalue weighted by Gasteiger charge is -2.30. The Balaban J connectivity index is 1.15. The molecule has 0 atom stereocenters. The van der Waals surface area contributed by atoms with Crippen molar-refractivity contribution in [2.24, 2.45) is 0 Å². The zero-order valence-electron chi connectivity index (χ0n) is 19.9. The molecular formula is C29H31N3O3. The van der Waals surface area contributed by atoms with Crippen molar-refractivity contribution in [1.29, 1.82) is 0 Å². The first-order chi connectivity index (χ1) is 17.2. The van der Waals surface area contributed by atoms with Crippen LogP contribution in [0.2, 0.25) is 0 Å². The average molecular weight is 470 g/mol. The van der Waals surface area contributed by atoms with E-state index in [0.29, 0.717) is 30.4 Å². The van der Waals surface area contributed by atoms with Gasteiger partial charge in [-0.15, -0.1) is 0 Å². The minimum atomic E-state index is -0.381. The topological polar surface area (TPSA) is 63.6 Å². The molecule has 1 fully saturated rings. The summed E-state index contributed by atoms with van der Waals surface area (Å²) in [5.74, 6) is 0.131. The molecule has 2 aliphatic rings. The SMILES string of the molecule is O=C(Oc1ccc(C2=CCN(C(=O)NC3CCCCC3)CC2)cc1)c1ccc(-n2cccc2)cc1. The van der Waals surface area contributed by atoms with Crippen molar-refractivity contribution >= 4 is 17.6 Å². The summed E-state index contributed by atoms with van der Waals surface area (Å²) in [6.07, 6.45) is 12.7. The standard InChI is InChI=1S/C29H31N3O3/c33-28(24-8-12-26(13-9-24)31-18-4-5-19-31)35-27-14-10-22(11-15-27)23-16-20-32(21-17-23)29(34)30-25-6-2-1-3-7-25/h4-5,8-16,18-19,25H,1-3,6-7,17,20-21H2,(H,30,34). The van der Waals surface area contributed by atoms with Gasteiger partial charge in [0.2, 0.25) is 0 Å². The van der Waals surface area contributed by atoms with Gasteiger partial charge >= 0.3 is 12.0 Å². The normalized spacial score (nSPS) is 16.5. The third kappa shape index (κ3) is 5.65. The summed E-state index contributed by atoms with van der Waals surface area (Å²) >= 11 is 0. The molecule has 6 heteroatoms. The molecule has 1 aliphatic carbocycles. The Morgan fingerprint density at radius 3 is 2.26 bits per heavy atom. The molecule has 1 aromatic heterocycles. The first kappa shape index (κ1) is 23.0. The Hall–Kier alpha value is -3.80. The number of urea groups is 1. The molecule has 2 heterocycles. The molecule has 2 aromatic carbocycles. The van der Waals surface area contributed by atoms with Crippen LogP contribution in [0.3, 0.4) is 0 Å². The number of rotatable bonds is 5. The molecule has 6 nitrogen and oxygen atoms in total. The predicted octanol–water partition coefficient (Wildman–Crippen LogP) is 5.83. The van der Waals surface area contributed by atoms with Crippen LogP contribution >= 0.6 is 0 Å². The monoisotopic (exact) mass is 469 g/mol. The van der Waals surface area contributed by atoms with Gasteiger partial charge < -0.3 is 19.5 Å². The van der Waals surface area contributed by atoms with E-state index in [2.05, 4.69) is 11.4 Å². The second kappa shape index (κ2) is 10.6. The van der Waals surface area contributed by atoms with Gasteiger partial charge in [0.25, 0.3) is 0 Å². The summed E-state index contributed by atoms with van der Waals surface area (Å²) in [6, 6.07) is 19.2. The van der Waals surface area contributed by atoms with E-state index in [-0.39, 0.29) is 12.0 Å². The molecule has 1 aliphatic heterocycles. The molecule has 1 N–H and O–H groups in total. The summed E-state index contributed by atoms with van der Waals surface area (Å²) in [5.41, 5.74) is 3.80. The Labute approximate surface area is 206 Å². The Morgan fingerprint density at radius 2 is 1.60 bits per heavy atom. The fraction of sp³-hybridized carbons (Fsp3) is 0.310. The number of hydrogen-bond donors (Lipinski definition) is 1.